The lowest BCUT2D eigenvalue weighted by atomic mass is 10.2. The quantitative estimate of drug-likeness (QED) is 0.788. The van der Waals surface area contributed by atoms with Crippen LogP contribution >= 0.6 is 15.9 Å². The summed E-state index contributed by atoms with van der Waals surface area (Å²) in [5.74, 6) is 0.0181. The predicted molar refractivity (Wildman–Crippen MR) is 63.3 cm³/mol. The zero-order chi connectivity index (χ0) is 11.5. The zero-order valence-corrected chi connectivity index (χ0v) is 10.6. The van der Waals surface area contributed by atoms with Gasteiger partial charge in [0.25, 0.3) is 5.91 Å². The molecule has 4 nitrogen and oxygen atoms in total. The largest absolute Gasteiger partial charge is 0.377 e. The number of halogens is 1. The van der Waals surface area contributed by atoms with Crippen LogP contribution in [0.4, 0.5) is 0 Å². The number of pyridine rings is 1. The minimum absolute atomic E-state index is 0.0181. The van der Waals surface area contributed by atoms with Gasteiger partial charge in [0.2, 0.25) is 0 Å². The van der Waals surface area contributed by atoms with Crippen molar-refractivity contribution in [3.05, 3.63) is 28.5 Å². The van der Waals surface area contributed by atoms with Crippen LogP contribution in [0.15, 0.2) is 22.9 Å². The number of amides is 1. The monoisotopic (exact) mass is 284 g/mol. The number of aromatic nitrogens is 1. The Morgan fingerprint density at radius 3 is 3.12 bits per heavy atom. The van der Waals surface area contributed by atoms with Crippen LogP contribution < -0.4 is 0 Å². The van der Waals surface area contributed by atoms with E-state index in [4.69, 9.17) is 4.74 Å². The van der Waals surface area contributed by atoms with Gasteiger partial charge in [0.05, 0.1) is 24.8 Å². The summed E-state index contributed by atoms with van der Waals surface area (Å²) in [4.78, 5) is 18.0. The number of ether oxygens (including phenoxy) is 1. The highest BCUT2D eigenvalue weighted by atomic mass is 79.9. The summed E-state index contributed by atoms with van der Waals surface area (Å²) < 4.78 is 6.12. The second-order valence-electron chi connectivity index (χ2n) is 3.81. The maximum Gasteiger partial charge on any atom is 0.255 e. The fourth-order valence-electron chi connectivity index (χ4n) is 1.72. The van der Waals surface area contributed by atoms with E-state index in [0.29, 0.717) is 25.3 Å². The number of morpholine rings is 1. The topological polar surface area (TPSA) is 42.4 Å². The number of nitrogens with zero attached hydrogens (tertiary/aromatic N) is 2. The highest BCUT2D eigenvalue weighted by Crippen LogP contribution is 2.15. The molecule has 1 aliphatic rings. The van der Waals surface area contributed by atoms with Crippen LogP contribution in [-0.4, -0.2) is 41.6 Å². The van der Waals surface area contributed by atoms with Crippen LogP contribution in [0.3, 0.4) is 0 Å². The maximum absolute atomic E-state index is 12.2. The highest BCUT2D eigenvalue weighted by molar-refractivity contribution is 9.10. The van der Waals surface area contributed by atoms with Crippen LogP contribution in [-0.2, 0) is 4.74 Å². The van der Waals surface area contributed by atoms with Crippen LogP contribution in [0.2, 0.25) is 0 Å². The van der Waals surface area contributed by atoms with Crippen molar-refractivity contribution in [3.63, 3.8) is 0 Å². The normalized spacial score (nSPS) is 20.9. The molecule has 1 fully saturated rings. The van der Waals surface area contributed by atoms with Crippen molar-refractivity contribution >= 4 is 21.8 Å². The van der Waals surface area contributed by atoms with Gasteiger partial charge in [-0.25, -0.2) is 0 Å². The molecule has 0 radical (unpaired) electrons. The van der Waals surface area contributed by atoms with Gasteiger partial charge in [0.15, 0.2) is 0 Å². The van der Waals surface area contributed by atoms with E-state index in [2.05, 4.69) is 20.9 Å². The SMILES string of the molecule is C[C@H]1COCCN1C(=O)c1cncc(Br)c1. The van der Waals surface area contributed by atoms with E-state index in [1.54, 1.807) is 18.5 Å². The van der Waals surface area contributed by atoms with Crippen molar-refractivity contribution in [1.82, 2.24) is 9.88 Å². The van der Waals surface area contributed by atoms with E-state index in [1.807, 2.05) is 11.8 Å². The smallest absolute Gasteiger partial charge is 0.255 e. The Morgan fingerprint density at radius 1 is 1.62 bits per heavy atom. The molecule has 0 aliphatic carbocycles. The molecule has 1 atom stereocenters. The van der Waals surface area contributed by atoms with Crippen LogP contribution in [0, 0.1) is 0 Å². The lowest BCUT2D eigenvalue weighted by Crippen LogP contribution is -2.47. The Bertz CT molecular complexity index is 397. The van der Waals surface area contributed by atoms with Gasteiger partial charge in [0, 0.05) is 23.4 Å². The summed E-state index contributed by atoms with van der Waals surface area (Å²) in [6.07, 6.45) is 3.26. The Balaban J connectivity index is 2.17. The molecule has 2 rings (SSSR count). The fourth-order valence-corrected chi connectivity index (χ4v) is 2.09. The Hall–Kier alpha value is -0.940. The second-order valence-corrected chi connectivity index (χ2v) is 4.73. The molecule has 1 amide bonds. The highest BCUT2D eigenvalue weighted by Gasteiger charge is 2.24. The summed E-state index contributed by atoms with van der Waals surface area (Å²) in [6.45, 7) is 3.85. The molecule has 1 aromatic rings. The molecule has 0 saturated carbocycles. The summed E-state index contributed by atoms with van der Waals surface area (Å²) >= 11 is 3.31. The first-order valence-electron chi connectivity index (χ1n) is 5.18. The first kappa shape index (κ1) is 11.5. The predicted octanol–water partition coefficient (Wildman–Crippen LogP) is 1.70. The van der Waals surface area contributed by atoms with E-state index < -0.39 is 0 Å². The summed E-state index contributed by atoms with van der Waals surface area (Å²) in [5, 5.41) is 0. The van der Waals surface area contributed by atoms with Crippen molar-refractivity contribution in [1.29, 1.82) is 0 Å². The first-order valence-corrected chi connectivity index (χ1v) is 5.97. The van der Waals surface area contributed by atoms with Crippen molar-refractivity contribution in [2.45, 2.75) is 13.0 Å². The maximum atomic E-state index is 12.2. The molecule has 2 heterocycles. The van der Waals surface area contributed by atoms with Gasteiger partial charge in [-0.05, 0) is 28.9 Å². The van der Waals surface area contributed by atoms with Crippen molar-refractivity contribution < 1.29 is 9.53 Å². The average molecular weight is 285 g/mol. The Kier molecular flexibility index (Phi) is 3.56. The summed E-state index contributed by atoms with van der Waals surface area (Å²) in [6, 6.07) is 1.91. The number of hydrogen-bond acceptors (Lipinski definition) is 3. The molecule has 16 heavy (non-hydrogen) atoms. The molecule has 1 aromatic heterocycles. The number of carbonyl (C=O) groups excluding carboxylic acids is 1. The lowest BCUT2D eigenvalue weighted by Gasteiger charge is -2.33. The van der Waals surface area contributed by atoms with Crippen molar-refractivity contribution in [2.75, 3.05) is 19.8 Å². The van der Waals surface area contributed by atoms with Gasteiger partial charge in [0.1, 0.15) is 0 Å². The molecule has 5 heteroatoms. The van der Waals surface area contributed by atoms with Gasteiger partial charge in [-0.2, -0.15) is 0 Å². The third-order valence-electron chi connectivity index (χ3n) is 2.58. The summed E-state index contributed by atoms with van der Waals surface area (Å²) in [5.41, 5.74) is 0.614. The van der Waals surface area contributed by atoms with E-state index in [0.717, 1.165) is 4.47 Å². The standard InChI is InChI=1S/C11H13BrN2O2/c1-8-7-16-3-2-14(8)11(15)9-4-10(12)6-13-5-9/h4-6,8H,2-3,7H2,1H3/t8-/m0/s1. The Labute approximate surface area is 103 Å². The van der Waals surface area contributed by atoms with Crippen molar-refractivity contribution in [3.8, 4) is 0 Å². The van der Waals surface area contributed by atoms with Gasteiger partial charge >= 0.3 is 0 Å². The fraction of sp³-hybridized carbons (Fsp3) is 0.455. The third kappa shape index (κ3) is 2.41. The number of rotatable bonds is 1. The molecule has 0 unspecified atom stereocenters. The molecular formula is C11H13BrN2O2. The molecule has 0 N–H and O–H groups in total. The minimum Gasteiger partial charge on any atom is -0.377 e. The molecule has 86 valence electrons. The molecular weight excluding hydrogens is 272 g/mol. The van der Waals surface area contributed by atoms with Gasteiger partial charge < -0.3 is 9.64 Å². The first-order chi connectivity index (χ1) is 7.68. The average Bonchev–Trinajstić information content (AvgIpc) is 2.29. The molecule has 0 bridgehead atoms. The Morgan fingerprint density at radius 2 is 2.44 bits per heavy atom. The van der Waals surface area contributed by atoms with E-state index in [-0.39, 0.29) is 11.9 Å². The molecule has 1 aliphatic heterocycles. The number of carbonyl (C=O) groups is 1. The second kappa shape index (κ2) is 4.93. The minimum atomic E-state index is 0.0181. The molecule has 1 saturated heterocycles. The molecule has 0 aromatic carbocycles. The number of hydrogen-bond donors (Lipinski definition) is 0. The van der Waals surface area contributed by atoms with Crippen LogP contribution in [0.1, 0.15) is 17.3 Å². The zero-order valence-electron chi connectivity index (χ0n) is 9.02. The lowest BCUT2D eigenvalue weighted by molar-refractivity contribution is 0.00357. The van der Waals surface area contributed by atoms with Gasteiger partial charge in [-0.3, -0.25) is 9.78 Å². The van der Waals surface area contributed by atoms with E-state index >= 15 is 0 Å². The van der Waals surface area contributed by atoms with Gasteiger partial charge in [-0.1, -0.05) is 0 Å². The van der Waals surface area contributed by atoms with Crippen LogP contribution in [0.25, 0.3) is 0 Å². The van der Waals surface area contributed by atoms with Crippen molar-refractivity contribution in [2.24, 2.45) is 0 Å². The van der Waals surface area contributed by atoms with E-state index in [1.165, 1.54) is 0 Å². The van der Waals surface area contributed by atoms with Crippen LogP contribution in [0.5, 0.6) is 0 Å². The van der Waals surface area contributed by atoms with Gasteiger partial charge in [-0.15, -0.1) is 0 Å². The third-order valence-corrected chi connectivity index (χ3v) is 3.01. The summed E-state index contributed by atoms with van der Waals surface area (Å²) in [7, 11) is 0. The van der Waals surface area contributed by atoms with E-state index in [9.17, 15) is 4.79 Å². The molecule has 0 spiro atoms.